The largest absolute Gasteiger partial charge is 0.396 e. The Bertz CT molecular complexity index is 119. The first kappa shape index (κ1) is 11.3. The zero-order chi connectivity index (χ0) is 9.07. The third-order valence-electron chi connectivity index (χ3n) is 1.13. The molecular formula is C8H16N2O2. The molecule has 0 aromatic heterocycles. The summed E-state index contributed by atoms with van der Waals surface area (Å²) in [5.41, 5.74) is 0. The van der Waals surface area contributed by atoms with E-state index in [2.05, 4.69) is 9.98 Å². The van der Waals surface area contributed by atoms with Crippen molar-refractivity contribution >= 4 is 12.4 Å². The summed E-state index contributed by atoms with van der Waals surface area (Å²) in [6.07, 6.45) is 4.61. The summed E-state index contributed by atoms with van der Waals surface area (Å²) < 4.78 is 0. The molecule has 12 heavy (non-hydrogen) atoms. The van der Waals surface area contributed by atoms with Crippen molar-refractivity contribution in [1.29, 1.82) is 0 Å². The van der Waals surface area contributed by atoms with Gasteiger partial charge >= 0.3 is 0 Å². The van der Waals surface area contributed by atoms with Crippen LogP contribution >= 0.6 is 0 Å². The molecule has 0 heterocycles. The molecule has 0 saturated carbocycles. The van der Waals surface area contributed by atoms with Gasteiger partial charge in [-0.25, -0.2) is 0 Å². The molecule has 0 aliphatic rings. The van der Waals surface area contributed by atoms with Gasteiger partial charge in [-0.1, -0.05) is 0 Å². The lowest BCUT2D eigenvalue weighted by Crippen LogP contribution is -1.91. The van der Waals surface area contributed by atoms with Crippen molar-refractivity contribution in [3.05, 3.63) is 0 Å². The molecule has 0 aromatic carbocycles. The monoisotopic (exact) mass is 172 g/mol. The van der Waals surface area contributed by atoms with Gasteiger partial charge in [0.05, 0.1) is 13.1 Å². The van der Waals surface area contributed by atoms with Gasteiger partial charge in [0, 0.05) is 38.5 Å². The minimum absolute atomic E-state index is 0.150. The molecule has 4 nitrogen and oxygen atoms in total. The van der Waals surface area contributed by atoms with Crippen LogP contribution in [0.2, 0.25) is 0 Å². The molecule has 0 spiro atoms. The summed E-state index contributed by atoms with van der Waals surface area (Å²) in [4.78, 5) is 7.99. The standard InChI is InChI=1S/C8H16N2O2/c11-7-1-3-9-5-6-10-4-2-8-12/h3-4,11-12H,1-2,5-8H2. The van der Waals surface area contributed by atoms with Crippen LogP contribution in [0.15, 0.2) is 9.98 Å². The van der Waals surface area contributed by atoms with Gasteiger partial charge in [-0.2, -0.15) is 0 Å². The number of hydrogen-bond acceptors (Lipinski definition) is 4. The summed E-state index contributed by atoms with van der Waals surface area (Å²) in [6, 6.07) is 0. The van der Waals surface area contributed by atoms with Crippen LogP contribution in [0.3, 0.4) is 0 Å². The van der Waals surface area contributed by atoms with Gasteiger partial charge in [0.1, 0.15) is 0 Å². The predicted octanol–water partition coefficient (Wildman–Crippen LogP) is -0.107. The first-order valence-corrected chi connectivity index (χ1v) is 4.10. The molecule has 0 aromatic rings. The van der Waals surface area contributed by atoms with Crippen molar-refractivity contribution in [2.24, 2.45) is 9.98 Å². The van der Waals surface area contributed by atoms with Gasteiger partial charge in [0.2, 0.25) is 0 Å². The van der Waals surface area contributed by atoms with Gasteiger partial charge in [-0.3, -0.25) is 9.98 Å². The average Bonchev–Trinajstić information content (AvgIpc) is 2.10. The van der Waals surface area contributed by atoms with Crippen LogP contribution in [0.5, 0.6) is 0 Å². The molecule has 0 unspecified atom stereocenters. The Morgan fingerprint density at radius 3 is 1.58 bits per heavy atom. The van der Waals surface area contributed by atoms with Crippen LogP contribution in [0.1, 0.15) is 12.8 Å². The highest BCUT2D eigenvalue weighted by Crippen LogP contribution is 1.76. The van der Waals surface area contributed by atoms with Gasteiger partial charge in [0.25, 0.3) is 0 Å². The first-order valence-electron chi connectivity index (χ1n) is 4.10. The Hall–Kier alpha value is -0.740. The molecule has 0 bridgehead atoms. The lowest BCUT2D eigenvalue weighted by Gasteiger charge is -1.88. The predicted molar refractivity (Wildman–Crippen MR) is 50.1 cm³/mol. The van der Waals surface area contributed by atoms with Crippen molar-refractivity contribution < 1.29 is 10.2 Å². The summed E-state index contributed by atoms with van der Waals surface area (Å²) >= 11 is 0. The van der Waals surface area contributed by atoms with E-state index in [-0.39, 0.29) is 13.2 Å². The van der Waals surface area contributed by atoms with Crippen molar-refractivity contribution in [2.45, 2.75) is 12.8 Å². The smallest absolute Gasteiger partial charge is 0.0581 e. The molecule has 0 aliphatic carbocycles. The van der Waals surface area contributed by atoms with E-state index in [0.717, 1.165) is 0 Å². The van der Waals surface area contributed by atoms with Gasteiger partial charge < -0.3 is 10.2 Å². The Balaban J connectivity index is 3.09. The molecule has 0 atom stereocenters. The molecule has 0 rings (SSSR count). The second kappa shape index (κ2) is 10.3. The Morgan fingerprint density at radius 1 is 0.833 bits per heavy atom. The van der Waals surface area contributed by atoms with E-state index >= 15 is 0 Å². The summed E-state index contributed by atoms with van der Waals surface area (Å²) in [5.74, 6) is 0. The van der Waals surface area contributed by atoms with E-state index < -0.39 is 0 Å². The maximum atomic E-state index is 8.39. The summed E-state index contributed by atoms with van der Waals surface area (Å²) in [7, 11) is 0. The molecule has 2 N–H and O–H groups in total. The zero-order valence-electron chi connectivity index (χ0n) is 7.19. The van der Waals surface area contributed by atoms with Crippen LogP contribution in [-0.4, -0.2) is 48.9 Å². The number of aliphatic hydroxyl groups is 2. The maximum absolute atomic E-state index is 8.39. The fourth-order valence-corrected chi connectivity index (χ4v) is 0.596. The second-order valence-corrected chi connectivity index (χ2v) is 2.20. The van der Waals surface area contributed by atoms with Crippen molar-refractivity contribution in [2.75, 3.05) is 26.3 Å². The van der Waals surface area contributed by atoms with Crippen molar-refractivity contribution in [1.82, 2.24) is 0 Å². The number of aliphatic hydroxyl groups excluding tert-OH is 2. The number of rotatable bonds is 7. The minimum Gasteiger partial charge on any atom is -0.396 e. The highest BCUT2D eigenvalue weighted by Gasteiger charge is 1.78. The maximum Gasteiger partial charge on any atom is 0.0581 e. The number of hydrogen-bond donors (Lipinski definition) is 2. The fourth-order valence-electron chi connectivity index (χ4n) is 0.596. The van der Waals surface area contributed by atoms with Crippen LogP contribution in [0.25, 0.3) is 0 Å². The highest BCUT2D eigenvalue weighted by molar-refractivity contribution is 5.58. The van der Waals surface area contributed by atoms with Crippen LogP contribution in [0.4, 0.5) is 0 Å². The lowest BCUT2D eigenvalue weighted by atomic mass is 10.5. The van der Waals surface area contributed by atoms with E-state index in [9.17, 15) is 0 Å². The van der Waals surface area contributed by atoms with E-state index in [0.29, 0.717) is 25.9 Å². The third kappa shape index (κ3) is 9.26. The van der Waals surface area contributed by atoms with Crippen LogP contribution < -0.4 is 0 Å². The van der Waals surface area contributed by atoms with Crippen LogP contribution in [0, 0.1) is 0 Å². The fraction of sp³-hybridized carbons (Fsp3) is 0.750. The molecule has 70 valence electrons. The molecular weight excluding hydrogens is 156 g/mol. The molecule has 0 amide bonds. The lowest BCUT2D eigenvalue weighted by molar-refractivity contribution is 0.307. The molecule has 0 radical (unpaired) electrons. The van der Waals surface area contributed by atoms with Gasteiger partial charge in [-0.05, 0) is 0 Å². The van der Waals surface area contributed by atoms with Crippen LogP contribution in [-0.2, 0) is 0 Å². The molecule has 0 fully saturated rings. The van der Waals surface area contributed by atoms with Crippen molar-refractivity contribution in [3.8, 4) is 0 Å². The van der Waals surface area contributed by atoms with E-state index in [4.69, 9.17) is 10.2 Å². The topological polar surface area (TPSA) is 65.2 Å². The third-order valence-corrected chi connectivity index (χ3v) is 1.13. The Morgan fingerprint density at radius 2 is 1.25 bits per heavy atom. The first-order chi connectivity index (χ1) is 5.91. The summed E-state index contributed by atoms with van der Waals surface area (Å²) in [5, 5.41) is 16.8. The average molecular weight is 172 g/mol. The number of aliphatic imine (C=N–C) groups is 2. The quantitative estimate of drug-likeness (QED) is 0.416. The normalized spacial score (nSPS) is 11.8. The molecule has 4 heteroatoms. The van der Waals surface area contributed by atoms with Crippen molar-refractivity contribution in [3.63, 3.8) is 0 Å². The zero-order valence-corrected chi connectivity index (χ0v) is 7.19. The summed E-state index contributed by atoms with van der Waals surface area (Å²) in [6.45, 7) is 1.61. The Kier molecular flexibility index (Phi) is 9.63. The van der Waals surface area contributed by atoms with Gasteiger partial charge in [0.15, 0.2) is 0 Å². The highest BCUT2D eigenvalue weighted by atomic mass is 16.3. The van der Waals surface area contributed by atoms with E-state index in [1.165, 1.54) is 0 Å². The van der Waals surface area contributed by atoms with E-state index in [1.54, 1.807) is 12.4 Å². The second-order valence-electron chi connectivity index (χ2n) is 2.20. The van der Waals surface area contributed by atoms with Gasteiger partial charge in [-0.15, -0.1) is 0 Å². The SMILES string of the molecule is OCCC=NCCN=CCCO. The Labute approximate surface area is 72.7 Å². The van der Waals surface area contributed by atoms with E-state index in [1.807, 2.05) is 0 Å². The minimum atomic E-state index is 0.150. The number of nitrogens with zero attached hydrogens (tertiary/aromatic N) is 2. The molecule has 0 aliphatic heterocycles. The molecule has 0 saturated heterocycles.